The summed E-state index contributed by atoms with van der Waals surface area (Å²) in [6.45, 7) is 13.6. The number of aliphatic hydroxyl groups is 1. The molecular weight excluding hydrogens is 600 g/mol. The second-order valence-electron chi connectivity index (χ2n) is 13.1. The minimum atomic E-state index is -1.43. The van der Waals surface area contributed by atoms with Crippen LogP contribution in [0.3, 0.4) is 0 Å². The maximum Gasteiger partial charge on any atom is 0.141 e. The molecule has 0 aliphatic rings. The highest BCUT2D eigenvalue weighted by atomic mass is 79.9. The molecule has 214 valence electrons. The molecule has 0 amide bonds. The smallest absolute Gasteiger partial charge is 0.141 e. The molecule has 0 aromatic heterocycles. The van der Waals surface area contributed by atoms with E-state index >= 15 is 0 Å². The third-order valence-corrected chi connectivity index (χ3v) is 8.94. The van der Waals surface area contributed by atoms with Gasteiger partial charge in [0, 0.05) is 15.1 Å². The molecule has 0 saturated heterocycles. The van der Waals surface area contributed by atoms with Gasteiger partial charge in [0.05, 0.1) is 0 Å². The van der Waals surface area contributed by atoms with Crippen molar-refractivity contribution in [2.24, 2.45) is 0 Å². The van der Waals surface area contributed by atoms with Gasteiger partial charge >= 0.3 is 0 Å². The van der Waals surface area contributed by atoms with Gasteiger partial charge in [0.2, 0.25) is 0 Å². The van der Waals surface area contributed by atoms with E-state index in [1.54, 1.807) is 0 Å². The summed E-state index contributed by atoms with van der Waals surface area (Å²) in [5.74, 6) is 0. The fraction of sp³-hybridized carbons (Fsp3) is 0.231. The van der Waals surface area contributed by atoms with Gasteiger partial charge in [-0.05, 0) is 79.6 Å². The number of hydrogen-bond donors (Lipinski definition) is 1. The Kier molecular flexibility index (Phi) is 8.29. The molecule has 0 bridgehead atoms. The van der Waals surface area contributed by atoms with Crippen LogP contribution in [0, 0.1) is 0 Å². The van der Waals surface area contributed by atoms with Crippen LogP contribution < -0.4 is 0 Å². The average molecular weight is 638 g/mol. The van der Waals surface area contributed by atoms with Crippen molar-refractivity contribution in [3.63, 3.8) is 0 Å². The second kappa shape index (κ2) is 11.5. The van der Waals surface area contributed by atoms with Gasteiger partial charge in [-0.3, -0.25) is 0 Å². The van der Waals surface area contributed by atoms with E-state index in [0.29, 0.717) is 5.02 Å². The Balaban J connectivity index is 1.77. The topological polar surface area (TPSA) is 20.2 Å². The van der Waals surface area contributed by atoms with Crippen LogP contribution in [0.4, 0.5) is 0 Å². The molecule has 5 rings (SSSR count). The summed E-state index contributed by atoms with van der Waals surface area (Å²) in [7, 11) is 0. The highest BCUT2D eigenvalue weighted by Gasteiger charge is 2.36. The average Bonchev–Trinajstić information content (AvgIpc) is 2.97. The highest BCUT2D eigenvalue weighted by Crippen LogP contribution is 2.45. The van der Waals surface area contributed by atoms with Gasteiger partial charge in [0.1, 0.15) is 5.60 Å². The minimum absolute atomic E-state index is 0.0133. The lowest BCUT2D eigenvalue weighted by Crippen LogP contribution is -2.29. The van der Waals surface area contributed by atoms with Gasteiger partial charge in [-0.1, -0.05) is 160 Å². The molecule has 0 aliphatic heterocycles. The van der Waals surface area contributed by atoms with Gasteiger partial charge in [-0.25, -0.2) is 0 Å². The molecule has 5 aromatic rings. The Morgan fingerprint density at radius 2 is 1.05 bits per heavy atom. The fourth-order valence-corrected chi connectivity index (χ4v) is 6.09. The lowest BCUT2D eigenvalue weighted by molar-refractivity contribution is 0.126. The molecule has 1 N–H and O–H groups in total. The zero-order valence-corrected chi connectivity index (χ0v) is 27.5. The minimum Gasteiger partial charge on any atom is -0.376 e. The van der Waals surface area contributed by atoms with Crippen molar-refractivity contribution in [3.8, 4) is 22.3 Å². The molecule has 0 atom stereocenters. The SMILES string of the molecule is CC(C)(C)c1cc(-c2ccc(Br)c(-c3ccc(Cl)cc3C(O)(c3ccccc3)c3ccccc3)c2)cc(C(C)(C)C)c1. The summed E-state index contributed by atoms with van der Waals surface area (Å²) in [5, 5.41) is 13.3. The lowest BCUT2D eigenvalue weighted by atomic mass is 9.77. The molecule has 0 aliphatic carbocycles. The van der Waals surface area contributed by atoms with Crippen LogP contribution in [0.15, 0.2) is 120 Å². The summed E-state index contributed by atoms with van der Waals surface area (Å²) < 4.78 is 0.946. The zero-order valence-electron chi connectivity index (χ0n) is 25.2. The van der Waals surface area contributed by atoms with Gasteiger partial charge in [0.15, 0.2) is 0 Å². The predicted octanol–water partition coefficient (Wildman–Crippen LogP) is 11.3. The van der Waals surface area contributed by atoms with E-state index in [4.69, 9.17) is 11.6 Å². The van der Waals surface area contributed by atoms with E-state index in [2.05, 4.69) is 93.9 Å². The first kappa shape index (κ1) is 30.3. The number of benzene rings is 5. The molecule has 3 heteroatoms. The van der Waals surface area contributed by atoms with Crippen LogP contribution in [0.1, 0.15) is 69.4 Å². The Bertz CT molecular complexity index is 1640. The first-order valence-electron chi connectivity index (χ1n) is 14.4. The Labute approximate surface area is 264 Å². The van der Waals surface area contributed by atoms with Crippen molar-refractivity contribution in [1.82, 2.24) is 0 Å². The largest absolute Gasteiger partial charge is 0.376 e. The molecule has 0 unspecified atom stereocenters. The van der Waals surface area contributed by atoms with E-state index in [-0.39, 0.29) is 10.8 Å². The van der Waals surface area contributed by atoms with Crippen molar-refractivity contribution < 1.29 is 5.11 Å². The lowest BCUT2D eigenvalue weighted by Gasteiger charge is -2.32. The molecular formula is C39H38BrClO. The molecule has 42 heavy (non-hydrogen) atoms. The number of hydrogen-bond acceptors (Lipinski definition) is 1. The Morgan fingerprint density at radius 1 is 0.524 bits per heavy atom. The third kappa shape index (κ3) is 5.99. The maximum atomic E-state index is 12.7. The molecule has 0 spiro atoms. The summed E-state index contributed by atoms with van der Waals surface area (Å²) in [6.07, 6.45) is 0. The third-order valence-electron chi connectivity index (χ3n) is 8.01. The van der Waals surface area contributed by atoms with E-state index in [1.807, 2.05) is 78.9 Å². The Hall–Kier alpha value is -3.17. The molecule has 0 radical (unpaired) electrons. The van der Waals surface area contributed by atoms with Crippen LogP contribution in [0.5, 0.6) is 0 Å². The normalized spacial score (nSPS) is 12.4. The summed E-state index contributed by atoms with van der Waals surface area (Å²) in [5.41, 5.74) is 7.69. The van der Waals surface area contributed by atoms with E-state index in [1.165, 1.54) is 16.7 Å². The van der Waals surface area contributed by atoms with Crippen LogP contribution in [0.25, 0.3) is 22.3 Å². The quantitative estimate of drug-likeness (QED) is 0.190. The van der Waals surface area contributed by atoms with Crippen molar-refractivity contribution >= 4 is 27.5 Å². The van der Waals surface area contributed by atoms with Crippen LogP contribution in [0.2, 0.25) is 5.02 Å². The molecule has 0 heterocycles. The maximum absolute atomic E-state index is 12.7. The standard InChI is InChI=1S/C39H38BrClO/c1-37(2,3)30-21-27(22-31(24-30)38(4,5)6)26-17-20-36(40)34(23-26)33-19-18-32(41)25-35(33)39(42,28-13-9-7-10-14-28)29-15-11-8-12-16-29/h7-25,42H,1-6H3. The molecule has 5 aromatic carbocycles. The molecule has 0 saturated carbocycles. The fourth-order valence-electron chi connectivity index (χ4n) is 5.46. The van der Waals surface area contributed by atoms with E-state index in [0.717, 1.165) is 37.9 Å². The number of halogens is 2. The summed E-state index contributed by atoms with van der Waals surface area (Å²) in [6, 6.07) is 38.9. The molecule has 1 nitrogen and oxygen atoms in total. The first-order valence-corrected chi connectivity index (χ1v) is 15.6. The van der Waals surface area contributed by atoms with Crippen molar-refractivity contribution in [2.45, 2.75) is 58.0 Å². The number of rotatable bonds is 5. The van der Waals surface area contributed by atoms with Gasteiger partial charge < -0.3 is 5.11 Å². The van der Waals surface area contributed by atoms with E-state index < -0.39 is 5.60 Å². The first-order chi connectivity index (χ1) is 19.8. The van der Waals surface area contributed by atoms with Crippen molar-refractivity contribution in [2.75, 3.05) is 0 Å². The summed E-state index contributed by atoms with van der Waals surface area (Å²) in [4.78, 5) is 0. The van der Waals surface area contributed by atoms with Gasteiger partial charge in [0.25, 0.3) is 0 Å². The Morgan fingerprint density at radius 3 is 1.55 bits per heavy atom. The summed E-state index contributed by atoms with van der Waals surface area (Å²) >= 11 is 10.5. The highest BCUT2D eigenvalue weighted by molar-refractivity contribution is 9.10. The van der Waals surface area contributed by atoms with Crippen molar-refractivity contribution in [1.29, 1.82) is 0 Å². The predicted molar refractivity (Wildman–Crippen MR) is 182 cm³/mol. The van der Waals surface area contributed by atoms with Gasteiger partial charge in [-0.15, -0.1) is 0 Å². The van der Waals surface area contributed by atoms with Crippen LogP contribution >= 0.6 is 27.5 Å². The molecule has 0 fully saturated rings. The van der Waals surface area contributed by atoms with Gasteiger partial charge in [-0.2, -0.15) is 0 Å². The van der Waals surface area contributed by atoms with Crippen LogP contribution in [-0.2, 0) is 16.4 Å². The van der Waals surface area contributed by atoms with Crippen molar-refractivity contribution in [3.05, 3.63) is 153 Å². The zero-order chi connectivity index (χ0) is 30.3. The van der Waals surface area contributed by atoms with Crippen LogP contribution in [-0.4, -0.2) is 5.11 Å². The second-order valence-corrected chi connectivity index (χ2v) is 14.4. The monoisotopic (exact) mass is 636 g/mol. The van der Waals surface area contributed by atoms with E-state index in [9.17, 15) is 5.11 Å².